The molecule has 0 aliphatic rings. The quantitative estimate of drug-likeness (QED) is 0.433. The van der Waals surface area contributed by atoms with Crippen LogP contribution in [0.15, 0.2) is 78.9 Å². The molecule has 0 spiro atoms. The first kappa shape index (κ1) is 23.8. The van der Waals surface area contributed by atoms with Gasteiger partial charge in [0.15, 0.2) is 0 Å². The number of anilines is 2. The first-order valence-electron chi connectivity index (χ1n) is 10.8. The predicted octanol–water partition coefficient (Wildman–Crippen LogP) is 5.82. The van der Waals surface area contributed by atoms with Gasteiger partial charge >= 0.3 is 6.03 Å². The van der Waals surface area contributed by atoms with Crippen LogP contribution in [0.1, 0.15) is 20.3 Å². The Kier molecular flexibility index (Phi) is 8.41. The predicted molar refractivity (Wildman–Crippen MR) is 128 cm³/mol. The van der Waals surface area contributed by atoms with E-state index in [9.17, 15) is 14.0 Å². The van der Waals surface area contributed by atoms with E-state index < -0.39 is 11.8 Å². The highest BCUT2D eigenvalue weighted by Gasteiger charge is 2.18. The van der Waals surface area contributed by atoms with E-state index in [1.807, 2.05) is 44.2 Å². The highest BCUT2D eigenvalue weighted by atomic mass is 19.1. The average Bonchev–Trinajstić information content (AvgIpc) is 2.79. The van der Waals surface area contributed by atoms with Crippen LogP contribution in [0.4, 0.5) is 20.6 Å². The highest BCUT2D eigenvalue weighted by molar-refractivity contribution is 6.01. The fourth-order valence-corrected chi connectivity index (χ4v) is 3.16. The lowest BCUT2D eigenvalue weighted by molar-refractivity contribution is -0.121. The zero-order chi connectivity index (χ0) is 23.6. The first-order chi connectivity index (χ1) is 15.9. The number of nitrogens with one attached hydrogen (secondary N) is 2. The van der Waals surface area contributed by atoms with Crippen LogP contribution in [0.3, 0.4) is 0 Å². The molecule has 0 bridgehead atoms. The van der Waals surface area contributed by atoms with E-state index >= 15 is 0 Å². The number of carbonyl (C=O) groups is 2. The number of hydrogen-bond donors (Lipinski definition) is 2. The Morgan fingerprint density at radius 1 is 0.909 bits per heavy atom. The molecule has 33 heavy (non-hydrogen) atoms. The Morgan fingerprint density at radius 2 is 1.55 bits per heavy atom. The number of carbonyl (C=O) groups excluding carboxylic acids is 2. The van der Waals surface area contributed by atoms with Crippen molar-refractivity contribution in [1.82, 2.24) is 5.32 Å². The van der Waals surface area contributed by atoms with Gasteiger partial charge in [0.25, 0.3) is 0 Å². The molecular weight excluding hydrogens is 421 g/mol. The summed E-state index contributed by atoms with van der Waals surface area (Å²) >= 11 is 0. The number of halogens is 1. The second-order valence-electron chi connectivity index (χ2n) is 7.92. The van der Waals surface area contributed by atoms with Crippen molar-refractivity contribution in [3.05, 3.63) is 84.7 Å². The van der Waals surface area contributed by atoms with Gasteiger partial charge in [0.2, 0.25) is 5.91 Å². The zero-order valence-corrected chi connectivity index (χ0v) is 18.8. The second-order valence-corrected chi connectivity index (χ2v) is 7.92. The van der Waals surface area contributed by atoms with Crippen LogP contribution in [0, 0.1) is 11.7 Å². The Morgan fingerprint density at radius 3 is 2.21 bits per heavy atom. The molecule has 3 amide bonds. The molecule has 0 saturated carbocycles. The summed E-state index contributed by atoms with van der Waals surface area (Å²) in [6.07, 6.45) is 0.410. The highest BCUT2D eigenvalue weighted by Crippen LogP contribution is 2.25. The van der Waals surface area contributed by atoms with Gasteiger partial charge in [0.05, 0.1) is 5.69 Å². The van der Waals surface area contributed by atoms with Gasteiger partial charge in [-0.25, -0.2) is 9.18 Å². The van der Waals surface area contributed by atoms with Crippen LogP contribution in [0.25, 0.3) is 0 Å². The summed E-state index contributed by atoms with van der Waals surface area (Å²) in [5.41, 5.74) is 0.669. The minimum Gasteiger partial charge on any atom is -0.457 e. The number of benzene rings is 3. The summed E-state index contributed by atoms with van der Waals surface area (Å²) in [4.78, 5) is 26.5. The Bertz CT molecular complexity index is 1060. The van der Waals surface area contributed by atoms with Crippen molar-refractivity contribution < 1.29 is 18.7 Å². The minimum absolute atomic E-state index is 0.0777. The zero-order valence-electron chi connectivity index (χ0n) is 18.8. The SMILES string of the molecule is CC(C)CC(=O)NCCN(C(=O)Nc1ccccc1F)c1ccc(Oc2ccccc2)cc1. The Balaban J connectivity index is 1.73. The van der Waals surface area contributed by atoms with Crippen LogP contribution in [0.2, 0.25) is 0 Å². The second kappa shape index (κ2) is 11.7. The van der Waals surface area contributed by atoms with Gasteiger partial charge in [-0.2, -0.15) is 0 Å². The van der Waals surface area contributed by atoms with Gasteiger partial charge in [-0.3, -0.25) is 9.69 Å². The van der Waals surface area contributed by atoms with Crippen LogP contribution < -0.4 is 20.3 Å². The van der Waals surface area contributed by atoms with E-state index in [0.717, 1.165) is 0 Å². The molecule has 0 aromatic heterocycles. The van der Waals surface area contributed by atoms with Crippen molar-refractivity contribution in [2.24, 2.45) is 5.92 Å². The van der Waals surface area contributed by atoms with Gasteiger partial charge < -0.3 is 15.4 Å². The van der Waals surface area contributed by atoms with Gasteiger partial charge in [-0.15, -0.1) is 0 Å². The fraction of sp³-hybridized carbons (Fsp3) is 0.231. The molecule has 3 rings (SSSR count). The molecule has 7 heteroatoms. The van der Waals surface area contributed by atoms with Crippen molar-refractivity contribution in [1.29, 1.82) is 0 Å². The van der Waals surface area contributed by atoms with Crippen LogP contribution in [-0.2, 0) is 4.79 Å². The maximum Gasteiger partial charge on any atom is 0.326 e. The summed E-state index contributed by atoms with van der Waals surface area (Å²) in [7, 11) is 0. The summed E-state index contributed by atoms with van der Waals surface area (Å²) in [5.74, 6) is 0.952. The molecule has 0 aliphatic heterocycles. The molecule has 0 saturated heterocycles. The van der Waals surface area contributed by atoms with Crippen molar-refractivity contribution >= 4 is 23.3 Å². The molecule has 6 nitrogen and oxygen atoms in total. The first-order valence-corrected chi connectivity index (χ1v) is 10.8. The number of rotatable bonds is 9. The van der Waals surface area contributed by atoms with Gasteiger partial charge in [-0.1, -0.05) is 44.2 Å². The van der Waals surface area contributed by atoms with Gasteiger partial charge in [0.1, 0.15) is 17.3 Å². The number of nitrogens with zero attached hydrogens (tertiary/aromatic N) is 1. The molecule has 0 fully saturated rings. The molecule has 0 atom stereocenters. The number of hydrogen-bond acceptors (Lipinski definition) is 3. The summed E-state index contributed by atoms with van der Waals surface area (Å²) in [6, 6.07) is 21.8. The van der Waals surface area contributed by atoms with Crippen molar-refractivity contribution in [3.63, 3.8) is 0 Å². The lowest BCUT2D eigenvalue weighted by atomic mass is 10.1. The smallest absolute Gasteiger partial charge is 0.326 e. The maximum atomic E-state index is 14.0. The molecule has 0 aliphatic carbocycles. The molecule has 172 valence electrons. The lowest BCUT2D eigenvalue weighted by Crippen LogP contribution is -2.41. The van der Waals surface area contributed by atoms with Gasteiger partial charge in [0, 0.05) is 25.2 Å². The fourth-order valence-electron chi connectivity index (χ4n) is 3.16. The van der Waals surface area contributed by atoms with E-state index in [-0.39, 0.29) is 30.6 Å². The molecule has 0 radical (unpaired) electrons. The van der Waals surface area contributed by atoms with Crippen LogP contribution >= 0.6 is 0 Å². The molecule has 0 unspecified atom stereocenters. The lowest BCUT2D eigenvalue weighted by Gasteiger charge is -2.24. The largest absolute Gasteiger partial charge is 0.457 e. The minimum atomic E-state index is -0.525. The van der Waals surface area contributed by atoms with Crippen molar-refractivity contribution in [3.8, 4) is 11.5 Å². The maximum absolute atomic E-state index is 14.0. The summed E-state index contributed by atoms with van der Waals surface area (Å²) in [6.45, 7) is 4.40. The Hall–Kier alpha value is -3.87. The molecule has 0 heterocycles. The van der Waals surface area contributed by atoms with Crippen LogP contribution in [-0.4, -0.2) is 25.0 Å². The third-order valence-electron chi connectivity index (χ3n) is 4.74. The summed E-state index contributed by atoms with van der Waals surface area (Å²) < 4.78 is 19.9. The van der Waals surface area contributed by atoms with E-state index in [4.69, 9.17) is 4.74 Å². The Labute approximate surface area is 193 Å². The van der Waals surface area contributed by atoms with Gasteiger partial charge in [-0.05, 0) is 54.4 Å². The molecule has 3 aromatic rings. The van der Waals surface area contributed by atoms with E-state index in [2.05, 4.69) is 10.6 Å². The number of para-hydroxylation sites is 2. The molecular formula is C26H28FN3O3. The third kappa shape index (κ3) is 7.35. The number of ether oxygens (including phenoxy) is 1. The van der Waals surface area contributed by atoms with E-state index in [1.165, 1.54) is 17.0 Å². The van der Waals surface area contributed by atoms with Crippen molar-refractivity contribution in [2.45, 2.75) is 20.3 Å². The van der Waals surface area contributed by atoms with E-state index in [1.54, 1.807) is 36.4 Å². The van der Waals surface area contributed by atoms with Crippen LogP contribution in [0.5, 0.6) is 11.5 Å². The normalized spacial score (nSPS) is 10.5. The van der Waals surface area contributed by atoms with Crippen molar-refractivity contribution in [2.75, 3.05) is 23.3 Å². The molecule has 2 N–H and O–H groups in total. The summed E-state index contributed by atoms with van der Waals surface area (Å²) in [5, 5.41) is 5.43. The number of urea groups is 1. The molecule has 3 aromatic carbocycles. The topological polar surface area (TPSA) is 70.7 Å². The number of amides is 3. The monoisotopic (exact) mass is 449 g/mol. The standard InChI is InChI=1S/C26H28FN3O3/c1-19(2)18-25(31)28-16-17-30(26(32)29-24-11-7-6-10-23(24)27)20-12-14-22(15-13-20)33-21-8-4-3-5-9-21/h3-15,19H,16-18H2,1-2H3,(H,28,31)(H,29,32). The third-order valence-corrected chi connectivity index (χ3v) is 4.74. The average molecular weight is 450 g/mol. The van der Waals surface area contributed by atoms with E-state index in [0.29, 0.717) is 23.6 Å².